The summed E-state index contributed by atoms with van der Waals surface area (Å²) < 4.78 is 61.6. The Labute approximate surface area is 120 Å². The van der Waals surface area contributed by atoms with E-state index in [2.05, 4.69) is 9.97 Å². The van der Waals surface area contributed by atoms with Gasteiger partial charge in [0.15, 0.2) is 9.84 Å². The van der Waals surface area contributed by atoms with Gasteiger partial charge in [-0.2, -0.15) is 13.2 Å². The van der Waals surface area contributed by atoms with Gasteiger partial charge in [-0.15, -0.1) is 0 Å². The Kier molecular flexibility index (Phi) is 3.31. The van der Waals surface area contributed by atoms with Crippen molar-refractivity contribution in [3.8, 4) is 0 Å². The summed E-state index contributed by atoms with van der Waals surface area (Å²) in [4.78, 5) is 6.66. The zero-order valence-electron chi connectivity index (χ0n) is 11.0. The summed E-state index contributed by atoms with van der Waals surface area (Å²) in [6, 6.07) is 0. The normalized spacial score (nSPS) is 28.0. The fourth-order valence-electron chi connectivity index (χ4n) is 2.91. The lowest BCUT2D eigenvalue weighted by molar-refractivity contribution is -0.145. The van der Waals surface area contributed by atoms with E-state index in [-0.39, 0.29) is 0 Å². The summed E-state index contributed by atoms with van der Waals surface area (Å²) in [6.07, 6.45) is 1.69. The lowest BCUT2D eigenvalue weighted by Gasteiger charge is -2.33. The standard InChI is InChI=1S/C13H13F3N2O2S/c14-13(15,16)12-17-6-9(7-18-12)8-4-10-2-1-3-11(5-8)21(10,19)20/h4,6-7,10-11H,1-3,5H2. The smallest absolute Gasteiger partial charge is 0.232 e. The second-order valence-corrected chi connectivity index (χ2v) is 7.82. The highest BCUT2D eigenvalue weighted by Gasteiger charge is 2.41. The molecular formula is C13H13F3N2O2S. The van der Waals surface area contributed by atoms with Crippen molar-refractivity contribution < 1.29 is 21.6 Å². The molecule has 2 unspecified atom stereocenters. The minimum atomic E-state index is -4.57. The highest BCUT2D eigenvalue weighted by Crippen LogP contribution is 2.39. The second-order valence-electron chi connectivity index (χ2n) is 5.37. The molecule has 2 aliphatic heterocycles. The van der Waals surface area contributed by atoms with Crippen molar-refractivity contribution in [3.63, 3.8) is 0 Å². The van der Waals surface area contributed by atoms with Gasteiger partial charge in [-0.25, -0.2) is 18.4 Å². The van der Waals surface area contributed by atoms with Crippen LogP contribution in [0.2, 0.25) is 0 Å². The van der Waals surface area contributed by atoms with Crippen LogP contribution in [0.3, 0.4) is 0 Å². The van der Waals surface area contributed by atoms with Crippen LogP contribution in [0.4, 0.5) is 13.2 Å². The molecule has 2 aliphatic rings. The zero-order chi connectivity index (χ0) is 15.3. The number of allylic oxidation sites excluding steroid dienone is 1. The van der Waals surface area contributed by atoms with Crippen LogP contribution >= 0.6 is 0 Å². The molecule has 1 aromatic heterocycles. The average molecular weight is 318 g/mol. The quantitative estimate of drug-likeness (QED) is 0.798. The maximum atomic E-state index is 12.4. The SMILES string of the molecule is O=S1(=O)C2C=C(c3cnc(C(F)(F)F)nc3)CC1CCC2. The molecule has 3 rings (SSSR count). The summed E-state index contributed by atoms with van der Waals surface area (Å²) >= 11 is 0. The molecule has 1 saturated heterocycles. The Morgan fingerprint density at radius 3 is 2.38 bits per heavy atom. The number of aromatic nitrogens is 2. The van der Waals surface area contributed by atoms with Gasteiger partial charge in [0.05, 0.1) is 10.5 Å². The van der Waals surface area contributed by atoms with Crippen LogP contribution < -0.4 is 0 Å². The number of hydrogen-bond donors (Lipinski definition) is 0. The molecule has 4 nitrogen and oxygen atoms in total. The Balaban J connectivity index is 1.93. The number of rotatable bonds is 1. The Bertz CT molecular complexity index is 680. The molecule has 1 fully saturated rings. The molecular weight excluding hydrogens is 305 g/mol. The molecule has 0 radical (unpaired) electrons. The van der Waals surface area contributed by atoms with E-state index in [9.17, 15) is 21.6 Å². The second kappa shape index (κ2) is 4.79. The molecule has 0 spiro atoms. The van der Waals surface area contributed by atoms with Gasteiger partial charge in [0, 0.05) is 18.0 Å². The highest BCUT2D eigenvalue weighted by molar-refractivity contribution is 7.93. The van der Waals surface area contributed by atoms with Crippen molar-refractivity contribution >= 4 is 15.4 Å². The van der Waals surface area contributed by atoms with Gasteiger partial charge in [0.2, 0.25) is 5.82 Å². The van der Waals surface area contributed by atoms with Crippen LogP contribution in [0.25, 0.3) is 5.57 Å². The third kappa shape index (κ3) is 2.56. The predicted molar refractivity (Wildman–Crippen MR) is 70.0 cm³/mol. The number of alkyl halides is 3. The first-order chi connectivity index (χ1) is 9.78. The molecule has 21 heavy (non-hydrogen) atoms. The van der Waals surface area contributed by atoms with Crippen molar-refractivity contribution in [1.29, 1.82) is 0 Å². The molecule has 0 N–H and O–H groups in total. The van der Waals surface area contributed by atoms with E-state index < -0.39 is 32.3 Å². The summed E-state index contributed by atoms with van der Waals surface area (Å²) in [7, 11) is -3.14. The maximum Gasteiger partial charge on any atom is 0.451 e. The van der Waals surface area contributed by atoms with E-state index in [4.69, 9.17) is 0 Å². The van der Waals surface area contributed by atoms with Crippen LogP contribution in [0.15, 0.2) is 18.5 Å². The molecule has 2 bridgehead atoms. The number of nitrogens with zero attached hydrogens (tertiary/aromatic N) is 2. The lowest BCUT2D eigenvalue weighted by atomic mass is 9.95. The Morgan fingerprint density at radius 2 is 1.81 bits per heavy atom. The van der Waals surface area contributed by atoms with Crippen molar-refractivity contribution in [2.45, 2.75) is 42.4 Å². The van der Waals surface area contributed by atoms with E-state index in [1.165, 1.54) is 0 Å². The van der Waals surface area contributed by atoms with Gasteiger partial charge in [0.1, 0.15) is 0 Å². The summed E-state index contributed by atoms with van der Waals surface area (Å²) in [6.45, 7) is 0. The third-order valence-corrected chi connectivity index (χ3v) is 6.56. The topological polar surface area (TPSA) is 59.9 Å². The fraction of sp³-hybridized carbons (Fsp3) is 0.538. The molecule has 0 aromatic carbocycles. The minimum Gasteiger partial charge on any atom is -0.232 e. The first-order valence-corrected chi connectivity index (χ1v) is 8.22. The van der Waals surface area contributed by atoms with Gasteiger partial charge >= 0.3 is 6.18 Å². The predicted octanol–water partition coefficient (Wildman–Crippen LogP) is 2.62. The van der Waals surface area contributed by atoms with E-state index >= 15 is 0 Å². The van der Waals surface area contributed by atoms with E-state index in [1.807, 2.05) is 0 Å². The molecule has 0 saturated carbocycles. The van der Waals surface area contributed by atoms with Crippen LogP contribution in [-0.2, 0) is 16.0 Å². The van der Waals surface area contributed by atoms with Gasteiger partial charge in [-0.1, -0.05) is 12.5 Å². The van der Waals surface area contributed by atoms with Crippen molar-refractivity contribution in [3.05, 3.63) is 29.9 Å². The third-order valence-electron chi connectivity index (χ3n) is 4.01. The molecule has 2 atom stereocenters. The Morgan fingerprint density at radius 1 is 1.14 bits per heavy atom. The van der Waals surface area contributed by atoms with Crippen LogP contribution in [-0.4, -0.2) is 28.9 Å². The lowest BCUT2D eigenvalue weighted by Crippen LogP contribution is -2.38. The van der Waals surface area contributed by atoms with Crippen molar-refractivity contribution in [1.82, 2.24) is 9.97 Å². The van der Waals surface area contributed by atoms with Gasteiger partial charge in [0.25, 0.3) is 0 Å². The fourth-order valence-corrected chi connectivity index (χ4v) is 5.16. The highest BCUT2D eigenvalue weighted by atomic mass is 32.2. The van der Waals surface area contributed by atoms with Crippen LogP contribution in [0.5, 0.6) is 0 Å². The largest absolute Gasteiger partial charge is 0.451 e. The molecule has 3 heterocycles. The van der Waals surface area contributed by atoms with Gasteiger partial charge in [-0.05, 0) is 24.8 Å². The number of sulfone groups is 1. The number of fused-ring (bicyclic) bond motifs is 2. The monoisotopic (exact) mass is 318 g/mol. The first-order valence-electron chi connectivity index (χ1n) is 6.61. The van der Waals surface area contributed by atoms with E-state index in [0.29, 0.717) is 24.8 Å². The van der Waals surface area contributed by atoms with Crippen molar-refractivity contribution in [2.24, 2.45) is 0 Å². The van der Waals surface area contributed by atoms with Gasteiger partial charge < -0.3 is 0 Å². The maximum absolute atomic E-state index is 12.4. The van der Waals surface area contributed by atoms with Crippen LogP contribution in [0.1, 0.15) is 37.1 Å². The summed E-state index contributed by atoms with van der Waals surface area (Å²) in [5.74, 6) is -1.18. The molecule has 0 amide bonds. The molecule has 8 heteroatoms. The van der Waals surface area contributed by atoms with Crippen LogP contribution in [0, 0.1) is 0 Å². The summed E-state index contributed by atoms with van der Waals surface area (Å²) in [5.41, 5.74) is 1.20. The number of hydrogen-bond acceptors (Lipinski definition) is 4. The minimum absolute atomic E-state index is 0.327. The van der Waals surface area contributed by atoms with Gasteiger partial charge in [-0.3, -0.25) is 0 Å². The zero-order valence-corrected chi connectivity index (χ0v) is 11.8. The molecule has 114 valence electrons. The average Bonchev–Trinajstić information content (AvgIpc) is 2.36. The number of halogens is 3. The first kappa shape index (κ1) is 14.5. The van der Waals surface area contributed by atoms with Crippen molar-refractivity contribution in [2.75, 3.05) is 0 Å². The molecule has 1 aromatic rings. The summed E-state index contributed by atoms with van der Waals surface area (Å²) in [5, 5.41) is -0.958. The molecule has 0 aliphatic carbocycles. The van der Waals surface area contributed by atoms with E-state index in [1.54, 1.807) is 6.08 Å². The van der Waals surface area contributed by atoms with E-state index in [0.717, 1.165) is 24.4 Å². The Hall–Kier alpha value is -1.44.